The molecule has 0 aliphatic heterocycles. The van der Waals surface area contributed by atoms with E-state index in [-0.39, 0.29) is 18.1 Å². The van der Waals surface area contributed by atoms with Crippen LogP contribution in [0.15, 0.2) is 66.7 Å². The van der Waals surface area contributed by atoms with Gasteiger partial charge in [0.1, 0.15) is 0 Å². The van der Waals surface area contributed by atoms with Crippen molar-refractivity contribution in [2.24, 2.45) is 0 Å². The fourth-order valence-electron chi connectivity index (χ4n) is 2.47. The van der Waals surface area contributed by atoms with Crippen LogP contribution in [0.2, 0.25) is 15.1 Å². The molecular weight excluding hydrogens is 575 g/mol. The molecule has 3 N–H and O–H groups in total. The standard InChI is InChI=1S/C10H13ClN2O.C9H10Cl2N2O.C9H12N2O/c1-7-4-5-8(6-9(7)11)12-10(14)13(2)3;1-13(2)9(14)12-6-3-4-7(10)8(11)5-6;1-11(2)9(12)10-8-6-4-3-5-7-8/h4-6H,1-3H3,(H,12,14);3-5H,1-2H3,(H,12,14);3-7H,1-2H3,(H,10,12). The quantitative estimate of drug-likeness (QED) is 0.285. The predicted molar refractivity (Wildman–Crippen MR) is 167 cm³/mol. The van der Waals surface area contributed by atoms with Crippen LogP contribution in [0.3, 0.4) is 0 Å². The van der Waals surface area contributed by atoms with Gasteiger partial charge >= 0.3 is 18.1 Å². The van der Waals surface area contributed by atoms with Crippen molar-refractivity contribution in [3.63, 3.8) is 0 Å². The lowest BCUT2D eigenvalue weighted by Gasteiger charge is -2.12. The Balaban J connectivity index is 0.000000301. The van der Waals surface area contributed by atoms with Crippen molar-refractivity contribution in [1.29, 1.82) is 0 Å². The van der Waals surface area contributed by atoms with Crippen molar-refractivity contribution in [2.45, 2.75) is 6.92 Å². The summed E-state index contributed by atoms with van der Waals surface area (Å²) in [5.74, 6) is 0. The second-order valence-corrected chi connectivity index (χ2v) is 10.2. The van der Waals surface area contributed by atoms with E-state index < -0.39 is 0 Å². The fourth-order valence-corrected chi connectivity index (χ4v) is 2.95. The Morgan fingerprint density at radius 1 is 0.525 bits per heavy atom. The van der Waals surface area contributed by atoms with Crippen molar-refractivity contribution in [1.82, 2.24) is 14.7 Å². The summed E-state index contributed by atoms with van der Waals surface area (Å²) in [5, 5.41) is 9.63. The third-order valence-corrected chi connectivity index (χ3v) is 5.98. The molecule has 0 aliphatic rings. The van der Waals surface area contributed by atoms with Crippen molar-refractivity contribution >= 4 is 70.0 Å². The Bertz CT molecular complexity index is 1200. The van der Waals surface area contributed by atoms with Crippen molar-refractivity contribution < 1.29 is 14.4 Å². The first-order chi connectivity index (χ1) is 18.7. The summed E-state index contributed by atoms with van der Waals surface area (Å²) in [7, 11) is 10.1. The molecule has 0 saturated carbocycles. The summed E-state index contributed by atoms with van der Waals surface area (Å²) < 4.78 is 0. The lowest BCUT2D eigenvalue weighted by molar-refractivity contribution is 0.230. The van der Waals surface area contributed by atoms with Gasteiger partial charge in [-0.15, -0.1) is 0 Å². The number of amides is 6. The van der Waals surface area contributed by atoms with Gasteiger partial charge in [-0.1, -0.05) is 59.1 Å². The average Bonchev–Trinajstić information content (AvgIpc) is 2.89. The zero-order valence-electron chi connectivity index (χ0n) is 23.6. The largest absolute Gasteiger partial charge is 0.331 e. The van der Waals surface area contributed by atoms with E-state index in [1.807, 2.05) is 49.4 Å². The number of carbonyl (C=O) groups excluding carboxylic acids is 3. The highest BCUT2D eigenvalue weighted by atomic mass is 35.5. The molecule has 3 aromatic carbocycles. The molecule has 40 heavy (non-hydrogen) atoms. The first-order valence-electron chi connectivity index (χ1n) is 11.9. The summed E-state index contributed by atoms with van der Waals surface area (Å²) in [5.41, 5.74) is 3.14. The van der Waals surface area contributed by atoms with E-state index in [9.17, 15) is 14.4 Å². The molecule has 0 aliphatic carbocycles. The van der Waals surface area contributed by atoms with E-state index >= 15 is 0 Å². The minimum Gasteiger partial charge on any atom is -0.331 e. The van der Waals surface area contributed by atoms with Gasteiger partial charge in [-0.25, -0.2) is 14.4 Å². The number of urea groups is 3. The monoisotopic (exact) mass is 608 g/mol. The molecule has 0 saturated heterocycles. The molecular formula is C28H35Cl3N6O3. The molecule has 0 unspecified atom stereocenters. The van der Waals surface area contributed by atoms with Crippen LogP contribution >= 0.6 is 34.8 Å². The minimum atomic E-state index is -0.205. The highest BCUT2D eigenvalue weighted by Gasteiger charge is 2.06. The van der Waals surface area contributed by atoms with Gasteiger partial charge in [0.15, 0.2) is 0 Å². The van der Waals surface area contributed by atoms with Crippen LogP contribution in [0.5, 0.6) is 0 Å². The molecule has 0 bridgehead atoms. The van der Waals surface area contributed by atoms with E-state index in [2.05, 4.69) is 16.0 Å². The predicted octanol–water partition coefficient (Wildman–Crippen LogP) is 7.61. The zero-order valence-corrected chi connectivity index (χ0v) is 25.8. The van der Waals surface area contributed by atoms with E-state index in [0.29, 0.717) is 26.4 Å². The zero-order chi connectivity index (χ0) is 30.4. The maximum atomic E-state index is 11.3. The van der Waals surface area contributed by atoms with Crippen LogP contribution < -0.4 is 16.0 Å². The molecule has 0 radical (unpaired) electrons. The van der Waals surface area contributed by atoms with Crippen LogP contribution in [0.4, 0.5) is 31.4 Å². The number of rotatable bonds is 3. The maximum Gasteiger partial charge on any atom is 0.321 e. The molecule has 6 amide bonds. The molecule has 0 aromatic heterocycles. The van der Waals surface area contributed by atoms with Crippen LogP contribution in [0.1, 0.15) is 5.56 Å². The summed E-state index contributed by atoms with van der Waals surface area (Å²) in [4.78, 5) is 38.0. The van der Waals surface area contributed by atoms with E-state index in [1.54, 1.807) is 66.6 Å². The average molecular weight is 610 g/mol. The number of halogens is 3. The van der Waals surface area contributed by atoms with Crippen molar-refractivity contribution in [3.8, 4) is 0 Å². The van der Waals surface area contributed by atoms with Gasteiger partial charge in [-0.3, -0.25) is 0 Å². The minimum absolute atomic E-state index is 0.110. The number of nitrogens with zero attached hydrogens (tertiary/aromatic N) is 3. The number of aryl methyl sites for hydroxylation is 1. The van der Waals surface area contributed by atoms with Crippen molar-refractivity contribution in [3.05, 3.63) is 87.4 Å². The van der Waals surface area contributed by atoms with E-state index in [1.165, 1.54) is 14.7 Å². The molecule has 216 valence electrons. The van der Waals surface area contributed by atoms with Crippen LogP contribution in [0, 0.1) is 6.92 Å². The van der Waals surface area contributed by atoms with Gasteiger partial charge in [0.05, 0.1) is 10.0 Å². The number of anilines is 3. The molecule has 0 spiro atoms. The fraction of sp³-hybridized carbons (Fsp3) is 0.250. The first kappa shape index (κ1) is 34.4. The van der Waals surface area contributed by atoms with Gasteiger partial charge in [0, 0.05) is 64.4 Å². The smallest absolute Gasteiger partial charge is 0.321 e. The molecule has 3 rings (SSSR count). The van der Waals surface area contributed by atoms with Crippen LogP contribution in [-0.4, -0.2) is 75.1 Å². The lowest BCUT2D eigenvalue weighted by Crippen LogP contribution is -2.27. The summed E-state index contributed by atoms with van der Waals surface area (Å²) in [6.07, 6.45) is 0. The number of nitrogens with one attached hydrogen (secondary N) is 3. The number of hydrogen-bond acceptors (Lipinski definition) is 3. The van der Waals surface area contributed by atoms with Crippen LogP contribution in [-0.2, 0) is 0 Å². The summed E-state index contributed by atoms with van der Waals surface area (Å²) in [6, 6.07) is 19.2. The topological polar surface area (TPSA) is 97.0 Å². The van der Waals surface area contributed by atoms with Gasteiger partial charge in [0.2, 0.25) is 0 Å². The lowest BCUT2D eigenvalue weighted by atomic mass is 10.2. The Hall–Kier alpha value is -3.66. The maximum absolute atomic E-state index is 11.3. The van der Waals surface area contributed by atoms with E-state index in [4.69, 9.17) is 34.8 Å². The number of carbonyl (C=O) groups is 3. The third kappa shape index (κ3) is 12.9. The first-order valence-corrected chi connectivity index (χ1v) is 13.1. The highest BCUT2D eigenvalue weighted by Crippen LogP contribution is 2.25. The van der Waals surface area contributed by atoms with Gasteiger partial charge in [0.25, 0.3) is 0 Å². The Kier molecular flexibility index (Phi) is 14.7. The molecule has 0 atom stereocenters. The molecule has 3 aromatic rings. The summed E-state index contributed by atoms with van der Waals surface area (Å²) >= 11 is 17.4. The summed E-state index contributed by atoms with van der Waals surface area (Å²) in [6.45, 7) is 1.92. The van der Waals surface area contributed by atoms with Gasteiger partial charge in [-0.2, -0.15) is 0 Å². The SMILES string of the molecule is CN(C)C(=O)Nc1ccc(Cl)c(Cl)c1.CN(C)C(=O)Nc1ccccc1.Cc1ccc(NC(=O)N(C)C)cc1Cl. The van der Waals surface area contributed by atoms with Gasteiger partial charge in [-0.05, 0) is 55.0 Å². The van der Waals surface area contributed by atoms with Gasteiger partial charge < -0.3 is 30.7 Å². The molecule has 9 nitrogen and oxygen atoms in total. The number of hydrogen-bond donors (Lipinski definition) is 3. The Morgan fingerprint density at radius 2 is 0.925 bits per heavy atom. The number of benzene rings is 3. The highest BCUT2D eigenvalue weighted by molar-refractivity contribution is 6.42. The van der Waals surface area contributed by atoms with Crippen molar-refractivity contribution in [2.75, 3.05) is 58.2 Å². The Morgan fingerprint density at radius 3 is 1.32 bits per heavy atom. The second-order valence-electron chi connectivity index (χ2n) is 8.93. The van der Waals surface area contributed by atoms with E-state index in [0.717, 1.165) is 11.3 Å². The van der Waals surface area contributed by atoms with Crippen LogP contribution in [0.25, 0.3) is 0 Å². The molecule has 0 fully saturated rings. The molecule has 12 heteroatoms. The number of para-hydroxylation sites is 1. The second kappa shape index (κ2) is 17.1. The molecule has 0 heterocycles. The normalized spacial score (nSPS) is 9.55. The third-order valence-electron chi connectivity index (χ3n) is 4.84. The Labute approximate surface area is 251 Å².